The summed E-state index contributed by atoms with van der Waals surface area (Å²) in [5.74, 6) is -9.22. The molecular weight excluding hydrogens is 888 g/mol. The SMILES string of the molecule is O=C(O)CC(=O)OC[C@H]1O[C@@H](Oc2cc(O)cc3[o+]c(-c4ccc(O)cc4)c(O[C@@H]4O[C@H](COC(=O)C=Cc5ccc(O)c(O)c5)[C@@H](O)[C@H](O)[C@H]4O)cc23)[C@H](O)[C@@H](O)[C@@H]1OC(=O)CC(=O)O. The molecule has 2 saturated heterocycles. The van der Waals surface area contributed by atoms with Crippen molar-refractivity contribution in [1.82, 2.24) is 0 Å². The number of hydrogen-bond acceptors (Lipinski definition) is 21. The lowest BCUT2D eigenvalue weighted by Gasteiger charge is -2.41. The summed E-state index contributed by atoms with van der Waals surface area (Å²) in [6.45, 7) is -1.62. The molecule has 0 radical (unpaired) electrons. The molecule has 0 saturated carbocycles. The molecule has 2 fully saturated rings. The molecule has 10 atom stereocenters. The second-order valence-corrected chi connectivity index (χ2v) is 14.6. The summed E-state index contributed by atoms with van der Waals surface area (Å²) in [7, 11) is 0. The molecule has 0 spiro atoms. The summed E-state index contributed by atoms with van der Waals surface area (Å²) in [6.07, 6.45) is -19.2. The molecule has 66 heavy (non-hydrogen) atoms. The Morgan fingerprint density at radius 2 is 1.24 bits per heavy atom. The Balaban J connectivity index is 1.30. The number of rotatable bonds is 16. The van der Waals surface area contributed by atoms with E-state index >= 15 is 0 Å². The molecule has 0 bridgehead atoms. The van der Waals surface area contributed by atoms with Crippen molar-refractivity contribution in [3.8, 4) is 45.8 Å². The fourth-order valence-electron chi connectivity index (χ4n) is 6.54. The Hall–Kier alpha value is -7.32. The van der Waals surface area contributed by atoms with Crippen LogP contribution < -0.4 is 9.47 Å². The normalized spacial score (nSPS) is 25.2. The molecule has 3 aromatic carbocycles. The van der Waals surface area contributed by atoms with Gasteiger partial charge in [-0.05, 0) is 48.0 Å². The Labute approximate surface area is 369 Å². The number of aliphatic hydroxyl groups excluding tert-OH is 5. The van der Waals surface area contributed by atoms with Crippen LogP contribution in [0.25, 0.3) is 28.4 Å². The van der Waals surface area contributed by atoms with Crippen molar-refractivity contribution in [2.75, 3.05) is 13.2 Å². The van der Waals surface area contributed by atoms with E-state index in [2.05, 4.69) is 0 Å². The van der Waals surface area contributed by atoms with E-state index in [9.17, 15) is 69.9 Å². The Kier molecular flexibility index (Phi) is 15.1. The third kappa shape index (κ3) is 11.7. The molecule has 4 aromatic rings. The van der Waals surface area contributed by atoms with Crippen LogP contribution in [0.2, 0.25) is 0 Å². The van der Waals surface area contributed by atoms with Crippen molar-refractivity contribution in [2.45, 2.75) is 74.3 Å². The van der Waals surface area contributed by atoms with Gasteiger partial charge >= 0.3 is 41.2 Å². The molecule has 2 aliphatic rings. The molecule has 3 heterocycles. The van der Waals surface area contributed by atoms with Gasteiger partial charge in [0.05, 0.1) is 11.6 Å². The van der Waals surface area contributed by atoms with Crippen molar-refractivity contribution in [3.05, 3.63) is 72.3 Å². The zero-order valence-electron chi connectivity index (χ0n) is 33.8. The minimum absolute atomic E-state index is 0.111. The first-order valence-corrected chi connectivity index (χ1v) is 19.4. The third-order valence-electron chi connectivity index (χ3n) is 9.79. The molecule has 0 unspecified atom stereocenters. The fraction of sp³-hybridized carbons (Fsp3) is 0.333. The van der Waals surface area contributed by atoms with Crippen LogP contribution in [0.1, 0.15) is 18.4 Å². The summed E-state index contributed by atoms with van der Waals surface area (Å²) >= 11 is 0. The number of ether oxygens (including phenoxy) is 7. The van der Waals surface area contributed by atoms with Gasteiger partial charge in [-0.2, -0.15) is 0 Å². The quantitative estimate of drug-likeness (QED) is 0.0174. The highest BCUT2D eigenvalue weighted by Crippen LogP contribution is 2.42. The van der Waals surface area contributed by atoms with Crippen LogP contribution in [0.15, 0.2) is 71.2 Å². The van der Waals surface area contributed by atoms with Gasteiger partial charge in [0.1, 0.15) is 91.4 Å². The van der Waals surface area contributed by atoms with Gasteiger partial charge in [0.15, 0.2) is 17.6 Å². The Bertz CT molecular complexity index is 2470. The van der Waals surface area contributed by atoms with E-state index < -0.39 is 140 Å². The first kappa shape index (κ1) is 48.1. The van der Waals surface area contributed by atoms with E-state index in [1.54, 1.807) is 0 Å². The summed E-state index contributed by atoms with van der Waals surface area (Å²) in [6, 6.07) is 12.4. The van der Waals surface area contributed by atoms with Gasteiger partial charge in [-0.3, -0.25) is 19.2 Å². The molecule has 24 heteroatoms. The maximum absolute atomic E-state index is 12.6. The Morgan fingerprint density at radius 3 is 1.91 bits per heavy atom. The van der Waals surface area contributed by atoms with Crippen molar-refractivity contribution < 1.29 is 118 Å². The molecule has 0 amide bonds. The van der Waals surface area contributed by atoms with Crippen molar-refractivity contribution >= 4 is 46.9 Å². The van der Waals surface area contributed by atoms with Crippen LogP contribution in [-0.2, 0) is 47.7 Å². The number of aliphatic hydroxyl groups is 5. The number of carboxylic acids is 2. The van der Waals surface area contributed by atoms with Crippen LogP contribution in [0.4, 0.5) is 0 Å². The van der Waals surface area contributed by atoms with E-state index in [4.69, 9.17) is 47.8 Å². The molecule has 11 N–H and O–H groups in total. The van der Waals surface area contributed by atoms with Crippen LogP contribution in [0.5, 0.6) is 34.5 Å². The van der Waals surface area contributed by atoms with Gasteiger partial charge in [-0.15, -0.1) is 0 Å². The van der Waals surface area contributed by atoms with Gasteiger partial charge in [0, 0.05) is 18.2 Å². The van der Waals surface area contributed by atoms with Gasteiger partial charge in [0.2, 0.25) is 18.3 Å². The number of carboxylic acid groups (broad SMARTS) is 2. The largest absolute Gasteiger partial charge is 0.508 e. The van der Waals surface area contributed by atoms with Crippen LogP contribution in [-0.4, -0.2) is 161 Å². The van der Waals surface area contributed by atoms with E-state index in [0.717, 1.165) is 18.2 Å². The summed E-state index contributed by atoms with van der Waals surface area (Å²) in [5, 5.41) is 113. The van der Waals surface area contributed by atoms with Gasteiger partial charge in [0.25, 0.3) is 0 Å². The minimum atomic E-state index is -2.14. The third-order valence-corrected chi connectivity index (χ3v) is 9.79. The number of aliphatic carboxylic acids is 2. The lowest BCUT2D eigenvalue weighted by molar-refractivity contribution is -0.282. The molecule has 24 nitrogen and oxygen atoms in total. The zero-order valence-corrected chi connectivity index (χ0v) is 33.8. The monoisotopic (exact) mass is 929 g/mol. The van der Waals surface area contributed by atoms with Gasteiger partial charge in [-0.1, -0.05) is 6.07 Å². The van der Waals surface area contributed by atoms with Crippen molar-refractivity contribution in [2.24, 2.45) is 0 Å². The van der Waals surface area contributed by atoms with Crippen LogP contribution in [0, 0.1) is 0 Å². The standard InChI is InChI=1S/C42H40O24/c43-19-5-3-18(4-6-19)39-26(63-41-37(57)35(55)34(54)27(64-41)15-59-31(51)8-2-17-1-7-22(45)23(46)9-17)12-21-24(61-39)10-20(44)11-25(21)62-42-38(58)36(56)40(66-33(53)14-30(49)50)28(65-42)16-60-32(52)13-29(47)48/h1-12,27-28,34-38,40-42,54-58H,13-16H2,(H5-,43,44,45,46,47,48,49,50,51)/p+1/t27-,28-,34-,35+,36-,37-,38-,40-,41-,42-/m1/s1. The van der Waals surface area contributed by atoms with Crippen molar-refractivity contribution in [3.63, 3.8) is 0 Å². The maximum atomic E-state index is 12.6. The number of hydrogen-bond donors (Lipinski definition) is 11. The molecule has 1 aromatic heterocycles. The summed E-state index contributed by atoms with van der Waals surface area (Å²) in [4.78, 5) is 59.0. The number of esters is 3. The maximum Gasteiger partial charge on any atom is 0.402 e. The van der Waals surface area contributed by atoms with Crippen LogP contribution in [0.3, 0.4) is 0 Å². The van der Waals surface area contributed by atoms with E-state index in [-0.39, 0.29) is 33.8 Å². The minimum Gasteiger partial charge on any atom is -0.508 e. The first-order valence-electron chi connectivity index (χ1n) is 19.4. The second-order valence-electron chi connectivity index (χ2n) is 14.6. The fourth-order valence-corrected chi connectivity index (χ4v) is 6.54. The highest BCUT2D eigenvalue weighted by atomic mass is 16.7. The first-order chi connectivity index (χ1) is 31.3. The molecule has 0 aliphatic carbocycles. The molecule has 6 rings (SSSR count). The van der Waals surface area contributed by atoms with Crippen molar-refractivity contribution in [1.29, 1.82) is 0 Å². The number of phenols is 4. The molecule has 2 aliphatic heterocycles. The molecular formula is C42H41O24+. The summed E-state index contributed by atoms with van der Waals surface area (Å²) < 4.78 is 44.7. The number of fused-ring (bicyclic) bond motifs is 1. The Morgan fingerprint density at radius 1 is 0.621 bits per heavy atom. The lowest BCUT2D eigenvalue weighted by Crippen LogP contribution is -2.61. The van der Waals surface area contributed by atoms with Gasteiger partial charge in [-0.25, -0.2) is 9.21 Å². The number of phenolic OH excluding ortho intramolecular Hbond substituents is 4. The predicted octanol–water partition coefficient (Wildman–Crippen LogP) is -0.124. The van der Waals surface area contributed by atoms with E-state index in [1.165, 1.54) is 54.6 Å². The second kappa shape index (κ2) is 20.7. The lowest BCUT2D eigenvalue weighted by atomic mass is 9.98. The van der Waals surface area contributed by atoms with E-state index in [0.29, 0.717) is 5.56 Å². The predicted molar refractivity (Wildman–Crippen MR) is 213 cm³/mol. The topological polar surface area (TPSA) is 384 Å². The number of carbonyl (C=O) groups excluding carboxylic acids is 3. The zero-order chi connectivity index (χ0) is 48.0. The van der Waals surface area contributed by atoms with Crippen LogP contribution >= 0.6 is 0 Å². The number of aromatic hydroxyl groups is 4. The van der Waals surface area contributed by atoms with E-state index in [1.807, 2.05) is 0 Å². The molecule has 352 valence electrons. The van der Waals surface area contributed by atoms with Gasteiger partial charge < -0.3 is 89.3 Å². The smallest absolute Gasteiger partial charge is 0.402 e. The highest BCUT2D eigenvalue weighted by Gasteiger charge is 2.50. The average Bonchev–Trinajstić information content (AvgIpc) is 3.25. The highest BCUT2D eigenvalue weighted by molar-refractivity contribution is 5.91. The average molecular weight is 930 g/mol. The number of carbonyl (C=O) groups is 5. The summed E-state index contributed by atoms with van der Waals surface area (Å²) in [5.41, 5.74) is 0.343. The number of benzene rings is 3.